The average Bonchev–Trinajstić information content (AvgIpc) is 2.75. The number of piperazine rings is 1. The van der Waals surface area contributed by atoms with Crippen molar-refractivity contribution in [3.05, 3.63) is 53.6 Å². The fraction of sp³-hybridized carbons (Fsp3) is 0.381. The van der Waals surface area contributed by atoms with Crippen LogP contribution < -0.4 is 9.80 Å². The van der Waals surface area contributed by atoms with Gasteiger partial charge in [0.25, 0.3) is 0 Å². The van der Waals surface area contributed by atoms with Gasteiger partial charge >= 0.3 is 0 Å². The standard InChI is InChI=1S/C21H25F2N5O/c1-3-26(4-2)19-8-9-20(25-24-19)27-11-13-28(14-12-27)21(29)10-5-16-15-17(22)6-7-18(16)23/h5-10,15H,3-4,11-14H2,1-2H3/b10-5+. The van der Waals surface area contributed by atoms with Crippen LogP contribution in [0.5, 0.6) is 0 Å². The second-order valence-electron chi connectivity index (χ2n) is 6.73. The van der Waals surface area contributed by atoms with Crippen LogP contribution >= 0.6 is 0 Å². The van der Waals surface area contributed by atoms with Crippen molar-refractivity contribution in [2.75, 3.05) is 49.1 Å². The normalized spacial score (nSPS) is 14.5. The third-order valence-electron chi connectivity index (χ3n) is 5.00. The minimum Gasteiger partial charge on any atom is -0.356 e. The van der Waals surface area contributed by atoms with Gasteiger partial charge in [-0.25, -0.2) is 8.78 Å². The monoisotopic (exact) mass is 401 g/mol. The fourth-order valence-electron chi connectivity index (χ4n) is 3.27. The van der Waals surface area contributed by atoms with Gasteiger partial charge in [-0.05, 0) is 50.3 Å². The number of amides is 1. The first kappa shape index (κ1) is 20.7. The van der Waals surface area contributed by atoms with Crippen molar-refractivity contribution >= 4 is 23.6 Å². The molecule has 1 saturated heterocycles. The Morgan fingerprint density at radius 2 is 1.79 bits per heavy atom. The van der Waals surface area contributed by atoms with Crippen molar-refractivity contribution in [3.8, 4) is 0 Å². The van der Waals surface area contributed by atoms with Crippen LogP contribution in [-0.2, 0) is 4.79 Å². The maximum atomic E-state index is 13.7. The van der Waals surface area contributed by atoms with Crippen molar-refractivity contribution in [1.82, 2.24) is 15.1 Å². The number of benzene rings is 1. The van der Waals surface area contributed by atoms with E-state index in [1.54, 1.807) is 4.90 Å². The Bertz CT molecular complexity index is 860. The molecule has 2 heterocycles. The van der Waals surface area contributed by atoms with E-state index in [1.165, 1.54) is 12.2 Å². The van der Waals surface area contributed by atoms with Gasteiger partial charge in [-0.15, -0.1) is 10.2 Å². The summed E-state index contributed by atoms with van der Waals surface area (Å²) in [6.07, 6.45) is 2.59. The second kappa shape index (κ2) is 9.45. The Morgan fingerprint density at radius 3 is 2.41 bits per heavy atom. The molecular formula is C21H25F2N5O. The Balaban J connectivity index is 1.56. The molecule has 0 N–H and O–H groups in total. The highest BCUT2D eigenvalue weighted by atomic mass is 19.1. The average molecular weight is 401 g/mol. The van der Waals surface area contributed by atoms with Crippen LogP contribution in [0.1, 0.15) is 19.4 Å². The molecule has 29 heavy (non-hydrogen) atoms. The highest BCUT2D eigenvalue weighted by molar-refractivity contribution is 5.92. The summed E-state index contributed by atoms with van der Waals surface area (Å²) >= 11 is 0. The van der Waals surface area contributed by atoms with E-state index in [1.807, 2.05) is 12.1 Å². The zero-order valence-corrected chi connectivity index (χ0v) is 16.7. The van der Waals surface area contributed by atoms with Gasteiger partial charge in [0.1, 0.15) is 11.6 Å². The third kappa shape index (κ3) is 5.07. The molecule has 0 spiro atoms. The van der Waals surface area contributed by atoms with E-state index in [0.717, 1.165) is 42.9 Å². The van der Waals surface area contributed by atoms with E-state index in [9.17, 15) is 13.6 Å². The first-order valence-electron chi connectivity index (χ1n) is 9.77. The lowest BCUT2D eigenvalue weighted by Crippen LogP contribution is -2.48. The fourth-order valence-corrected chi connectivity index (χ4v) is 3.27. The van der Waals surface area contributed by atoms with Crippen LogP contribution in [-0.4, -0.2) is 60.3 Å². The minimum absolute atomic E-state index is 0.0561. The number of carbonyl (C=O) groups is 1. The number of hydrogen-bond acceptors (Lipinski definition) is 5. The number of aromatic nitrogens is 2. The molecule has 154 valence electrons. The van der Waals surface area contributed by atoms with Gasteiger partial charge in [-0.2, -0.15) is 0 Å². The van der Waals surface area contributed by atoms with Crippen molar-refractivity contribution < 1.29 is 13.6 Å². The van der Waals surface area contributed by atoms with E-state index in [0.29, 0.717) is 26.2 Å². The van der Waals surface area contributed by atoms with Crippen LogP contribution in [0.15, 0.2) is 36.4 Å². The molecule has 2 aromatic rings. The summed E-state index contributed by atoms with van der Waals surface area (Å²) in [7, 11) is 0. The second-order valence-corrected chi connectivity index (χ2v) is 6.73. The van der Waals surface area contributed by atoms with E-state index >= 15 is 0 Å². The molecule has 1 fully saturated rings. The highest BCUT2D eigenvalue weighted by Crippen LogP contribution is 2.17. The van der Waals surface area contributed by atoms with E-state index in [2.05, 4.69) is 33.8 Å². The van der Waals surface area contributed by atoms with Gasteiger partial charge in [-0.1, -0.05) is 0 Å². The lowest BCUT2D eigenvalue weighted by molar-refractivity contribution is -0.126. The largest absolute Gasteiger partial charge is 0.356 e. The first-order valence-corrected chi connectivity index (χ1v) is 9.77. The van der Waals surface area contributed by atoms with Gasteiger partial charge in [0.05, 0.1) is 0 Å². The maximum absolute atomic E-state index is 13.7. The summed E-state index contributed by atoms with van der Waals surface area (Å²) in [6, 6.07) is 7.07. The van der Waals surface area contributed by atoms with Crippen LogP contribution in [0.3, 0.4) is 0 Å². The number of halogens is 2. The maximum Gasteiger partial charge on any atom is 0.246 e. The quantitative estimate of drug-likeness (QED) is 0.697. The Labute approximate surface area is 169 Å². The van der Waals surface area contributed by atoms with Gasteiger partial charge in [0.2, 0.25) is 5.91 Å². The molecule has 6 nitrogen and oxygen atoms in total. The molecule has 1 amide bonds. The first-order chi connectivity index (χ1) is 14.0. The molecule has 0 unspecified atom stereocenters. The molecule has 0 radical (unpaired) electrons. The molecule has 3 rings (SSSR count). The predicted molar refractivity (Wildman–Crippen MR) is 110 cm³/mol. The molecule has 0 bridgehead atoms. The van der Waals surface area contributed by atoms with Crippen molar-refractivity contribution in [3.63, 3.8) is 0 Å². The number of carbonyl (C=O) groups excluding carboxylic acids is 1. The summed E-state index contributed by atoms with van der Waals surface area (Å²) in [5, 5.41) is 8.63. The van der Waals surface area contributed by atoms with Gasteiger partial charge in [-0.3, -0.25) is 4.79 Å². The number of hydrogen-bond donors (Lipinski definition) is 0. The van der Waals surface area contributed by atoms with Crippen molar-refractivity contribution in [1.29, 1.82) is 0 Å². The number of nitrogens with zero attached hydrogens (tertiary/aromatic N) is 5. The number of anilines is 2. The minimum atomic E-state index is -0.563. The van der Waals surface area contributed by atoms with Crippen LogP contribution in [0.25, 0.3) is 6.08 Å². The van der Waals surface area contributed by atoms with Crippen molar-refractivity contribution in [2.24, 2.45) is 0 Å². The van der Waals surface area contributed by atoms with Crippen LogP contribution in [0, 0.1) is 11.6 Å². The van der Waals surface area contributed by atoms with Crippen molar-refractivity contribution in [2.45, 2.75) is 13.8 Å². The SMILES string of the molecule is CCN(CC)c1ccc(N2CCN(C(=O)/C=C/c3cc(F)ccc3F)CC2)nn1. The third-order valence-corrected chi connectivity index (χ3v) is 5.00. The lowest BCUT2D eigenvalue weighted by Gasteiger charge is -2.34. The van der Waals surface area contributed by atoms with E-state index in [4.69, 9.17) is 0 Å². The van der Waals surface area contributed by atoms with Gasteiger partial charge in [0, 0.05) is 50.9 Å². The van der Waals surface area contributed by atoms with Crippen LogP contribution in [0.4, 0.5) is 20.4 Å². The molecule has 1 aromatic heterocycles. The molecule has 1 aliphatic rings. The van der Waals surface area contributed by atoms with Gasteiger partial charge < -0.3 is 14.7 Å². The molecule has 1 aliphatic heterocycles. The zero-order valence-electron chi connectivity index (χ0n) is 16.7. The Morgan fingerprint density at radius 1 is 1.07 bits per heavy atom. The van der Waals surface area contributed by atoms with Crippen LogP contribution in [0.2, 0.25) is 0 Å². The zero-order chi connectivity index (χ0) is 20.8. The summed E-state index contributed by atoms with van der Waals surface area (Å²) in [4.78, 5) is 18.3. The molecular weight excluding hydrogens is 376 g/mol. The molecule has 0 atom stereocenters. The predicted octanol–water partition coefficient (Wildman–Crippen LogP) is 2.96. The molecule has 1 aromatic carbocycles. The summed E-state index contributed by atoms with van der Waals surface area (Å²) in [5.41, 5.74) is 0.0561. The lowest BCUT2D eigenvalue weighted by atomic mass is 10.2. The Kier molecular flexibility index (Phi) is 6.74. The summed E-state index contributed by atoms with van der Waals surface area (Å²) in [6.45, 7) is 8.21. The topological polar surface area (TPSA) is 52.6 Å². The summed E-state index contributed by atoms with van der Waals surface area (Å²) < 4.78 is 26.9. The Hall–Kier alpha value is -3.03. The molecule has 0 aliphatic carbocycles. The number of rotatable bonds is 6. The van der Waals surface area contributed by atoms with E-state index < -0.39 is 11.6 Å². The smallest absolute Gasteiger partial charge is 0.246 e. The highest BCUT2D eigenvalue weighted by Gasteiger charge is 2.21. The van der Waals surface area contributed by atoms with Gasteiger partial charge in [0.15, 0.2) is 11.6 Å². The molecule has 0 saturated carbocycles. The van der Waals surface area contributed by atoms with E-state index in [-0.39, 0.29) is 11.5 Å². The summed E-state index contributed by atoms with van der Waals surface area (Å²) in [5.74, 6) is 0.302. The molecule has 8 heteroatoms.